The number of carbonyl (C=O) groups is 1. The van der Waals surface area contributed by atoms with Gasteiger partial charge in [-0.2, -0.15) is 0 Å². The lowest BCUT2D eigenvalue weighted by Gasteiger charge is -2.17. The molecule has 1 aromatic carbocycles. The molecule has 0 N–H and O–H groups in total. The molecule has 0 aliphatic heterocycles. The molecule has 4 nitrogen and oxygen atoms in total. The number of methoxy groups -OCH3 is 2. The fraction of sp³-hybridized carbons (Fsp3) is 0.417. The van der Waals surface area contributed by atoms with Crippen molar-refractivity contribution < 1.29 is 14.3 Å². The second-order valence-corrected chi connectivity index (χ2v) is 3.38. The van der Waals surface area contributed by atoms with E-state index in [0.717, 1.165) is 23.4 Å². The number of aryl methyl sites for hydroxylation is 1. The van der Waals surface area contributed by atoms with E-state index in [-0.39, 0.29) is 6.09 Å². The van der Waals surface area contributed by atoms with Crippen LogP contribution in [0.15, 0.2) is 18.2 Å². The maximum atomic E-state index is 11.3. The fourth-order valence-corrected chi connectivity index (χ4v) is 1.49. The van der Waals surface area contributed by atoms with E-state index in [1.807, 2.05) is 25.1 Å². The van der Waals surface area contributed by atoms with E-state index < -0.39 is 0 Å². The molecule has 0 radical (unpaired) electrons. The molecule has 1 amide bonds. The van der Waals surface area contributed by atoms with E-state index in [1.165, 1.54) is 12.0 Å². The van der Waals surface area contributed by atoms with Crippen LogP contribution in [-0.4, -0.2) is 27.4 Å². The summed E-state index contributed by atoms with van der Waals surface area (Å²) in [6.45, 7) is 2.04. The zero-order valence-electron chi connectivity index (χ0n) is 10.1. The van der Waals surface area contributed by atoms with Crippen LogP contribution < -0.4 is 9.64 Å². The van der Waals surface area contributed by atoms with E-state index in [1.54, 1.807) is 14.2 Å². The van der Waals surface area contributed by atoms with Gasteiger partial charge in [-0.25, -0.2) is 4.79 Å². The van der Waals surface area contributed by atoms with Gasteiger partial charge < -0.3 is 9.47 Å². The molecule has 0 aromatic heterocycles. The second kappa shape index (κ2) is 5.39. The second-order valence-electron chi connectivity index (χ2n) is 3.38. The number of carbonyl (C=O) groups excluding carboxylic acids is 1. The van der Waals surface area contributed by atoms with Crippen molar-refractivity contribution in [2.24, 2.45) is 0 Å². The predicted molar refractivity (Wildman–Crippen MR) is 63.2 cm³/mol. The molecule has 4 heteroatoms. The van der Waals surface area contributed by atoms with Crippen molar-refractivity contribution in [3.05, 3.63) is 23.8 Å². The Morgan fingerprint density at radius 3 is 2.56 bits per heavy atom. The quantitative estimate of drug-likeness (QED) is 0.790. The Hall–Kier alpha value is -1.71. The zero-order chi connectivity index (χ0) is 12.1. The highest BCUT2D eigenvalue weighted by Gasteiger charge is 2.12. The van der Waals surface area contributed by atoms with Gasteiger partial charge >= 0.3 is 6.09 Å². The molecule has 88 valence electrons. The lowest BCUT2D eigenvalue weighted by Crippen LogP contribution is -2.25. The van der Waals surface area contributed by atoms with Crippen LogP contribution >= 0.6 is 0 Å². The van der Waals surface area contributed by atoms with Gasteiger partial charge in [0.1, 0.15) is 5.75 Å². The summed E-state index contributed by atoms with van der Waals surface area (Å²) in [4.78, 5) is 12.8. The molecule has 0 aliphatic rings. The molecule has 16 heavy (non-hydrogen) atoms. The van der Waals surface area contributed by atoms with E-state index in [4.69, 9.17) is 4.74 Å². The minimum absolute atomic E-state index is 0.382. The molecular formula is C12H17NO3. The van der Waals surface area contributed by atoms with Gasteiger partial charge in [-0.15, -0.1) is 0 Å². The number of nitrogens with zero attached hydrogens (tertiary/aromatic N) is 1. The molecule has 0 atom stereocenters. The summed E-state index contributed by atoms with van der Waals surface area (Å²) in [7, 11) is 4.67. The first-order valence-electron chi connectivity index (χ1n) is 5.12. The third-order valence-corrected chi connectivity index (χ3v) is 2.48. The molecule has 0 saturated carbocycles. The van der Waals surface area contributed by atoms with Crippen LogP contribution in [0.3, 0.4) is 0 Å². The Morgan fingerprint density at radius 2 is 2.06 bits per heavy atom. The Kier molecular flexibility index (Phi) is 4.17. The van der Waals surface area contributed by atoms with Gasteiger partial charge in [-0.1, -0.05) is 6.92 Å². The lowest BCUT2D eigenvalue weighted by molar-refractivity contribution is 0.180. The predicted octanol–water partition coefficient (Wildman–Crippen LogP) is 2.46. The molecule has 0 saturated heterocycles. The number of ether oxygens (including phenoxy) is 2. The minimum atomic E-state index is -0.382. The van der Waals surface area contributed by atoms with E-state index >= 15 is 0 Å². The molecule has 0 heterocycles. The largest absolute Gasteiger partial charge is 0.496 e. The van der Waals surface area contributed by atoms with Crippen LogP contribution in [0.5, 0.6) is 5.75 Å². The van der Waals surface area contributed by atoms with Gasteiger partial charge in [0.05, 0.1) is 14.2 Å². The van der Waals surface area contributed by atoms with Gasteiger partial charge in [0.25, 0.3) is 0 Å². The van der Waals surface area contributed by atoms with Crippen molar-refractivity contribution in [2.75, 3.05) is 26.2 Å². The van der Waals surface area contributed by atoms with Crippen LogP contribution in [0.4, 0.5) is 10.5 Å². The normalized spacial score (nSPS) is 9.75. The Balaban J connectivity index is 3.03. The summed E-state index contributed by atoms with van der Waals surface area (Å²) in [6, 6.07) is 5.61. The van der Waals surface area contributed by atoms with Crippen molar-refractivity contribution in [3.8, 4) is 5.75 Å². The summed E-state index contributed by atoms with van der Waals surface area (Å²) in [5.74, 6) is 0.838. The summed E-state index contributed by atoms with van der Waals surface area (Å²) in [5, 5.41) is 0. The summed E-state index contributed by atoms with van der Waals surface area (Å²) in [5.41, 5.74) is 1.86. The fourth-order valence-electron chi connectivity index (χ4n) is 1.49. The molecule has 1 rings (SSSR count). The molecular weight excluding hydrogens is 206 g/mol. The molecule has 0 bridgehead atoms. The molecule has 0 spiro atoms. The lowest BCUT2D eigenvalue weighted by atomic mass is 10.1. The maximum Gasteiger partial charge on any atom is 0.413 e. The number of benzene rings is 1. The topological polar surface area (TPSA) is 38.8 Å². The highest BCUT2D eigenvalue weighted by atomic mass is 16.5. The van der Waals surface area contributed by atoms with E-state index in [0.29, 0.717) is 0 Å². The van der Waals surface area contributed by atoms with Crippen LogP contribution in [-0.2, 0) is 11.2 Å². The van der Waals surface area contributed by atoms with Crippen LogP contribution in [0.25, 0.3) is 0 Å². The first kappa shape index (κ1) is 12.4. The van der Waals surface area contributed by atoms with Crippen molar-refractivity contribution in [1.82, 2.24) is 0 Å². The third kappa shape index (κ3) is 2.45. The summed E-state index contributed by atoms with van der Waals surface area (Å²) < 4.78 is 9.88. The highest BCUT2D eigenvalue weighted by Crippen LogP contribution is 2.25. The van der Waals surface area contributed by atoms with Gasteiger partial charge in [0.15, 0.2) is 0 Å². The van der Waals surface area contributed by atoms with Crippen molar-refractivity contribution in [1.29, 1.82) is 0 Å². The van der Waals surface area contributed by atoms with Crippen LogP contribution in [0, 0.1) is 0 Å². The van der Waals surface area contributed by atoms with Gasteiger partial charge in [-0.3, -0.25) is 4.90 Å². The number of amides is 1. The van der Waals surface area contributed by atoms with Gasteiger partial charge in [0.2, 0.25) is 0 Å². The average molecular weight is 223 g/mol. The molecule has 0 aliphatic carbocycles. The zero-order valence-corrected chi connectivity index (χ0v) is 10.1. The highest BCUT2D eigenvalue weighted by molar-refractivity contribution is 5.87. The molecule has 0 fully saturated rings. The van der Waals surface area contributed by atoms with Crippen molar-refractivity contribution in [2.45, 2.75) is 13.3 Å². The monoisotopic (exact) mass is 223 g/mol. The first-order chi connectivity index (χ1) is 7.63. The number of rotatable bonds is 3. The first-order valence-corrected chi connectivity index (χ1v) is 5.12. The summed E-state index contributed by atoms with van der Waals surface area (Å²) >= 11 is 0. The summed E-state index contributed by atoms with van der Waals surface area (Å²) in [6.07, 6.45) is 0.471. The number of anilines is 1. The van der Waals surface area contributed by atoms with Gasteiger partial charge in [0, 0.05) is 12.7 Å². The van der Waals surface area contributed by atoms with E-state index in [9.17, 15) is 4.79 Å². The van der Waals surface area contributed by atoms with Crippen LogP contribution in [0.1, 0.15) is 12.5 Å². The standard InChI is InChI=1S/C12H17NO3/c1-5-9-8-10(6-7-11(9)15-3)13(2)12(14)16-4/h6-8H,5H2,1-4H3. The Labute approximate surface area is 95.8 Å². The maximum absolute atomic E-state index is 11.3. The SMILES string of the molecule is CCc1cc(N(C)C(=O)OC)ccc1OC. The average Bonchev–Trinajstić information content (AvgIpc) is 2.35. The third-order valence-electron chi connectivity index (χ3n) is 2.48. The van der Waals surface area contributed by atoms with Crippen molar-refractivity contribution >= 4 is 11.8 Å². The Morgan fingerprint density at radius 1 is 1.38 bits per heavy atom. The van der Waals surface area contributed by atoms with Crippen LogP contribution in [0.2, 0.25) is 0 Å². The van der Waals surface area contributed by atoms with Gasteiger partial charge in [-0.05, 0) is 30.2 Å². The van der Waals surface area contributed by atoms with Crippen molar-refractivity contribution in [3.63, 3.8) is 0 Å². The smallest absolute Gasteiger partial charge is 0.413 e. The number of hydrogen-bond donors (Lipinski definition) is 0. The Bertz CT molecular complexity index is 377. The number of hydrogen-bond acceptors (Lipinski definition) is 3. The molecule has 0 unspecified atom stereocenters. The molecule has 1 aromatic rings. The minimum Gasteiger partial charge on any atom is -0.496 e. The van der Waals surface area contributed by atoms with E-state index in [2.05, 4.69) is 4.74 Å².